The average Bonchev–Trinajstić information content (AvgIpc) is 2.92. The average molecular weight is 337 g/mol. The Morgan fingerprint density at radius 1 is 1.16 bits per heavy atom. The molecule has 0 radical (unpaired) electrons. The van der Waals surface area contributed by atoms with Gasteiger partial charge in [-0.1, -0.05) is 61.1 Å². The Hall–Kier alpha value is -1.80. The fourth-order valence-corrected chi connectivity index (χ4v) is 4.11. The van der Waals surface area contributed by atoms with Crippen LogP contribution in [-0.4, -0.2) is 38.1 Å². The van der Waals surface area contributed by atoms with E-state index in [1.54, 1.807) is 5.57 Å². The molecule has 1 aromatic carbocycles. The molecule has 1 heterocycles. The zero-order valence-electron chi connectivity index (χ0n) is 15.8. The standard InChI is InChI=1S/C23H32N2/c1-20(22-12-6-3-4-7-13-22)17-25-16-10-11-21(19-25)18-24(2)23-14-8-5-9-15-23/h3-9,12,14-15,20-21H,10-11,13,16-19H2,1-2H3. The summed E-state index contributed by atoms with van der Waals surface area (Å²) in [5.41, 5.74) is 2.89. The van der Waals surface area contributed by atoms with Gasteiger partial charge < -0.3 is 9.80 Å². The molecule has 25 heavy (non-hydrogen) atoms. The maximum absolute atomic E-state index is 2.69. The Morgan fingerprint density at radius 2 is 2.00 bits per heavy atom. The van der Waals surface area contributed by atoms with Crippen molar-refractivity contribution in [2.75, 3.05) is 38.1 Å². The molecule has 0 spiro atoms. The van der Waals surface area contributed by atoms with Crippen LogP contribution in [0.1, 0.15) is 26.2 Å². The van der Waals surface area contributed by atoms with Gasteiger partial charge in [0.25, 0.3) is 0 Å². The van der Waals surface area contributed by atoms with Crippen LogP contribution in [0.25, 0.3) is 0 Å². The molecule has 0 aromatic heterocycles. The van der Waals surface area contributed by atoms with E-state index >= 15 is 0 Å². The molecule has 0 bridgehead atoms. The van der Waals surface area contributed by atoms with Crippen LogP contribution in [0.15, 0.2) is 66.3 Å². The molecule has 2 heteroatoms. The second kappa shape index (κ2) is 9.05. The van der Waals surface area contributed by atoms with Crippen molar-refractivity contribution < 1.29 is 0 Å². The Bertz CT molecular complexity index is 614. The predicted molar refractivity (Wildman–Crippen MR) is 109 cm³/mol. The number of hydrogen-bond acceptors (Lipinski definition) is 2. The SMILES string of the molecule is CC(CN1CCCC(CN(C)c2ccccc2)C1)C1=CC=CC=CC1. The van der Waals surface area contributed by atoms with Crippen LogP contribution in [0.3, 0.4) is 0 Å². The zero-order valence-corrected chi connectivity index (χ0v) is 15.8. The van der Waals surface area contributed by atoms with Crippen molar-refractivity contribution in [1.82, 2.24) is 4.90 Å². The lowest BCUT2D eigenvalue weighted by Gasteiger charge is -2.36. The van der Waals surface area contributed by atoms with Crippen molar-refractivity contribution in [3.63, 3.8) is 0 Å². The third kappa shape index (κ3) is 5.34. The van der Waals surface area contributed by atoms with Crippen molar-refractivity contribution in [3.05, 3.63) is 66.3 Å². The van der Waals surface area contributed by atoms with Crippen LogP contribution in [0.2, 0.25) is 0 Å². The summed E-state index contributed by atoms with van der Waals surface area (Å²) < 4.78 is 0. The van der Waals surface area contributed by atoms with Gasteiger partial charge in [0, 0.05) is 32.4 Å². The van der Waals surface area contributed by atoms with Gasteiger partial charge in [0.1, 0.15) is 0 Å². The van der Waals surface area contributed by atoms with Crippen molar-refractivity contribution in [3.8, 4) is 0 Å². The number of benzene rings is 1. The van der Waals surface area contributed by atoms with Crippen LogP contribution >= 0.6 is 0 Å². The second-order valence-corrected chi connectivity index (χ2v) is 7.64. The molecule has 1 aliphatic heterocycles. The topological polar surface area (TPSA) is 6.48 Å². The summed E-state index contributed by atoms with van der Waals surface area (Å²) in [6, 6.07) is 10.8. The fraction of sp³-hybridized carbons (Fsp3) is 0.478. The molecule has 2 atom stereocenters. The first-order valence-corrected chi connectivity index (χ1v) is 9.73. The van der Waals surface area contributed by atoms with Gasteiger partial charge in [-0.15, -0.1) is 0 Å². The van der Waals surface area contributed by atoms with E-state index in [0.29, 0.717) is 5.92 Å². The highest BCUT2D eigenvalue weighted by molar-refractivity contribution is 5.45. The zero-order chi connectivity index (χ0) is 17.5. The van der Waals surface area contributed by atoms with E-state index in [1.807, 2.05) is 0 Å². The summed E-state index contributed by atoms with van der Waals surface area (Å²) in [5, 5.41) is 0. The first-order valence-electron chi connectivity index (χ1n) is 9.73. The normalized spacial score (nSPS) is 22.3. The molecule has 2 nitrogen and oxygen atoms in total. The fourth-order valence-electron chi connectivity index (χ4n) is 4.11. The number of nitrogens with zero attached hydrogens (tertiary/aromatic N) is 2. The first-order chi connectivity index (χ1) is 12.2. The van der Waals surface area contributed by atoms with Crippen LogP contribution in [0.4, 0.5) is 5.69 Å². The van der Waals surface area contributed by atoms with Gasteiger partial charge in [-0.3, -0.25) is 0 Å². The third-order valence-corrected chi connectivity index (χ3v) is 5.52. The maximum atomic E-state index is 2.69. The van der Waals surface area contributed by atoms with E-state index in [-0.39, 0.29) is 0 Å². The molecule has 1 fully saturated rings. The molecule has 0 amide bonds. The van der Waals surface area contributed by atoms with Crippen molar-refractivity contribution >= 4 is 5.69 Å². The van der Waals surface area contributed by atoms with E-state index in [1.165, 1.54) is 38.2 Å². The second-order valence-electron chi connectivity index (χ2n) is 7.64. The molecular formula is C23H32N2. The minimum absolute atomic E-state index is 0.637. The summed E-state index contributed by atoms with van der Waals surface area (Å²) >= 11 is 0. The van der Waals surface area contributed by atoms with Crippen LogP contribution in [-0.2, 0) is 0 Å². The van der Waals surface area contributed by atoms with E-state index < -0.39 is 0 Å². The molecule has 2 aliphatic rings. The summed E-state index contributed by atoms with van der Waals surface area (Å²) in [4.78, 5) is 5.11. The van der Waals surface area contributed by atoms with E-state index in [9.17, 15) is 0 Å². The molecule has 3 rings (SSSR count). The van der Waals surface area contributed by atoms with Gasteiger partial charge in [0.15, 0.2) is 0 Å². The first kappa shape index (κ1) is 18.0. The summed E-state index contributed by atoms with van der Waals surface area (Å²) in [7, 11) is 2.23. The maximum Gasteiger partial charge on any atom is 0.0363 e. The van der Waals surface area contributed by atoms with Crippen LogP contribution in [0.5, 0.6) is 0 Å². The van der Waals surface area contributed by atoms with Gasteiger partial charge in [-0.2, -0.15) is 0 Å². The molecule has 1 saturated heterocycles. The number of rotatable bonds is 6. The van der Waals surface area contributed by atoms with Gasteiger partial charge in [0.05, 0.1) is 0 Å². The van der Waals surface area contributed by atoms with Crippen molar-refractivity contribution in [2.45, 2.75) is 26.2 Å². The molecule has 134 valence electrons. The number of likely N-dealkylation sites (tertiary alicyclic amines) is 1. The monoisotopic (exact) mass is 336 g/mol. The highest BCUT2D eigenvalue weighted by Crippen LogP contribution is 2.24. The minimum atomic E-state index is 0.637. The molecule has 1 aromatic rings. The Kier molecular flexibility index (Phi) is 6.52. The highest BCUT2D eigenvalue weighted by atomic mass is 15.2. The van der Waals surface area contributed by atoms with Crippen molar-refractivity contribution in [2.24, 2.45) is 11.8 Å². The van der Waals surface area contributed by atoms with Gasteiger partial charge >= 0.3 is 0 Å². The number of allylic oxidation sites excluding steroid dienone is 5. The summed E-state index contributed by atoms with van der Waals surface area (Å²) in [6.45, 7) is 7.23. The Labute approximate surface area is 153 Å². The lowest BCUT2D eigenvalue weighted by atomic mass is 9.93. The Morgan fingerprint density at radius 3 is 2.84 bits per heavy atom. The highest BCUT2D eigenvalue weighted by Gasteiger charge is 2.23. The minimum Gasteiger partial charge on any atom is -0.374 e. The molecule has 0 N–H and O–H groups in total. The van der Waals surface area contributed by atoms with Gasteiger partial charge in [0.2, 0.25) is 0 Å². The molecule has 1 aliphatic carbocycles. The van der Waals surface area contributed by atoms with Gasteiger partial charge in [-0.05, 0) is 49.8 Å². The number of anilines is 1. The van der Waals surface area contributed by atoms with Crippen LogP contribution in [0, 0.1) is 11.8 Å². The third-order valence-electron chi connectivity index (χ3n) is 5.52. The lowest BCUT2D eigenvalue weighted by molar-refractivity contribution is 0.163. The van der Waals surface area contributed by atoms with Crippen molar-refractivity contribution in [1.29, 1.82) is 0 Å². The lowest BCUT2D eigenvalue weighted by Crippen LogP contribution is -2.42. The molecule has 2 unspecified atom stereocenters. The largest absolute Gasteiger partial charge is 0.374 e. The molecular weight excluding hydrogens is 304 g/mol. The van der Waals surface area contributed by atoms with Crippen LogP contribution < -0.4 is 4.90 Å². The number of para-hydroxylation sites is 1. The van der Waals surface area contributed by atoms with E-state index in [4.69, 9.17) is 0 Å². The van der Waals surface area contributed by atoms with E-state index in [0.717, 1.165) is 18.9 Å². The predicted octanol–water partition coefficient (Wildman–Crippen LogP) is 4.91. The number of hydrogen-bond donors (Lipinski definition) is 0. The van der Waals surface area contributed by atoms with E-state index in [2.05, 4.69) is 84.5 Å². The van der Waals surface area contributed by atoms with Gasteiger partial charge in [-0.25, -0.2) is 0 Å². The quantitative estimate of drug-likeness (QED) is 0.728. The summed E-state index contributed by atoms with van der Waals surface area (Å²) in [6.07, 6.45) is 14.9. The number of piperidine rings is 1. The smallest absolute Gasteiger partial charge is 0.0363 e. The summed E-state index contributed by atoms with van der Waals surface area (Å²) in [5.74, 6) is 1.41. The molecule has 0 saturated carbocycles. The Balaban J connectivity index is 1.51.